The lowest BCUT2D eigenvalue weighted by atomic mass is 10.3. The molecule has 1 heterocycles. The summed E-state index contributed by atoms with van der Waals surface area (Å²) in [7, 11) is 0. The second-order valence-corrected chi connectivity index (χ2v) is 4.64. The van der Waals surface area contributed by atoms with E-state index in [1.165, 1.54) is 6.40 Å². The van der Waals surface area contributed by atoms with Gasteiger partial charge >= 0.3 is 0 Å². The van der Waals surface area contributed by atoms with Crippen molar-refractivity contribution in [3.63, 3.8) is 0 Å². The fourth-order valence-corrected chi connectivity index (χ4v) is 2.35. The summed E-state index contributed by atoms with van der Waals surface area (Å²) in [6.45, 7) is 0. The Kier molecular flexibility index (Phi) is 3.02. The second kappa shape index (κ2) is 4.98. The molecule has 0 saturated carbocycles. The van der Waals surface area contributed by atoms with Gasteiger partial charge in [-0.05, 0) is 24.3 Å². The molecular weight excluding hydrogens is 244 g/mol. The molecule has 3 rings (SSSR count). The van der Waals surface area contributed by atoms with Gasteiger partial charge in [0.15, 0.2) is 6.40 Å². The molecule has 18 heavy (non-hydrogen) atoms. The molecule has 0 unspecified atom stereocenters. The maximum absolute atomic E-state index is 5.38. The molecule has 4 heteroatoms. The molecule has 88 valence electrons. The quantitative estimate of drug-likeness (QED) is 0.522. The molecule has 0 radical (unpaired) electrons. The van der Waals surface area contributed by atoms with Crippen molar-refractivity contribution in [3.8, 4) is 5.75 Å². The maximum Gasteiger partial charge on any atom is 0.213 e. The molecule has 0 spiro atoms. The van der Waals surface area contributed by atoms with E-state index in [1.807, 2.05) is 54.6 Å². The van der Waals surface area contributed by atoms with Crippen LogP contribution in [0.4, 0.5) is 5.13 Å². The average molecular weight is 254 g/mol. The number of hydrogen-bond acceptors (Lipinski definition) is 4. The monoisotopic (exact) mass is 254 g/mol. The van der Waals surface area contributed by atoms with Gasteiger partial charge in [-0.15, -0.1) is 0 Å². The summed E-state index contributed by atoms with van der Waals surface area (Å²) in [5, 5.41) is 0.701. The van der Waals surface area contributed by atoms with Crippen LogP contribution >= 0.6 is 11.3 Å². The van der Waals surface area contributed by atoms with Crippen LogP contribution < -0.4 is 4.74 Å². The SMILES string of the molecule is C(=Nc1nc2ccccc2s1)Oc1ccccc1. The van der Waals surface area contributed by atoms with Crippen molar-refractivity contribution in [1.29, 1.82) is 0 Å². The third-order valence-electron chi connectivity index (χ3n) is 2.38. The first kappa shape index (κ1) is 10.9. The van der Waals surface area contributed by atoms with Gasteiger partial charge in [0, 0.05) is 0 Å². The molecular formula is C14H10N2OS. The van der Waals surface area contributed by atoms with Gasteiger partial charge in [0.1, 0.15) is 5.75 Å². The number of ether oxygens (including phenoxy) is 1. The zero-order valence-corrected chi connectivity index (χ0v) is 10.3. The summed E-state index contributed by atoms with van der Waals surface area (Å²) < 4.78 is 6.51. The van der Waals surface area contributed by atoms with Crippen LogP contribution in [0.2, 0.25) is 0 Å². The molecule has 0 saturated heterocycles. The number of rotatable bonds is 3. The minimum Gasteiger partial charge on any atom is -0.446 e. The topological polar surface area (TPSA) is 34.5 Å². The van der Waals surface area contributed by atoms with E-state index in [1.54, 1.807) is 11.3 Å². The van der Waals surface area contributed by atoms with Crippen molar-refractivity contribution >= 4 is 33.1 Å². The molecule has 0 aliphatic rings. The lowest BCUT2D eigenvalue weighted by Crippen LogP contribution is -1.87. The van der Waals surface area contributed by atoms with Gasteiger partial charge in [-0.3, -0.25) is 0 Å². The smallest absolute Gasteiger partial charge is 0.213 e. The Morgan fingerprint density at radius 1 is 1.00 bits per heavy atom. The number of nitrogens with zero attached hydrogens (tertiary/aromatic N) is 2. The third-order valence-corrected chi connectivity index (χ3v) is 3.32. The summed E-state index contributed by atoms with van der Waals surface area (Å²) in [5.41, 5.74) is 0.967. The van der Waals surface area contributed by atoms with Crippen LogP contribution in [-0.4, -0.2) is 11.4 Å². The van der Waals surface area contributed by atoms with Crippen LogP contribution in [-0.2, 0) is 0 Å². The summed E-state index contributed by atoms with van der Waals surface area (Å²) in [4.78, 5) is 8.58. The van der Waals surface area contributed by atoms with Gasteiger partial charge in [-0.25, -0.2) is 4.98 Å². The molecule has 0 bridgehead atoms. The number of fused-ring (bicyclic) bond motifs is 1. The molecule has 0 amide bonds. The first-order valence-corrected chi connectivity index (χ1v) is 6.33. The van der Waals surface area contributed by atoms with E-state index in [9.17, 15) is 0 Å². The molecule has 3 nitrogen and oxygen atoms in total. The van der Waals surface area contributed by atoms with Crippen LogP contribution in [0.3, 0.4) is 0 Å². The van der Waals surface area contributed by atoms with E-state index < -0.39 is 0 Å². The summed E-state index contributed by atoms with van der Waals surface area (Å²) >= 11 is 1.54. The van der Waals surface area contributed by atoms with Gasteiger partial charge < -0.3 is 4.74 Å². The van der Waals surface area contributed by atoms with E-state index in [0.29, 0.717) is 5.13 Å². The molecule has 0 fully saturated rings. The van der Waals surface area contributed by atoms with Crippen molar-refractivity contribution in [1.82, 2.24) is 4.98 Å². The lowest BCUT2D eigenvalue weighted by molar-refractivity contribution is 0.574. The minimum atomic E-state index is 0.701. The van der Waals surface area contributed by atoms with E-state index >= 15 is 0 Å². The molecule has 3 aromatic rings. The fourth-order valence-electron chi connectivity index (χ4n) is 1.55. The predicted octanol–water partition coefficient (Wildman–Crippen LogP) is 4.04. The van der Waals surface area contributed by atoms with Gasteiger partial charge in [0.25, 0.3) is 0 Å². The maximum atomic E-state index is 5.38. The molecule has 2 aromatic carbocycles. The Morgan fingerprint density at radius 2 is 1.78 bits per heavy atom. The molecule has 0 atom stereocenters. The number of hydrogen-bond donors (Lipinski definition) is 0. The second-order valence-electron chi connectivity index (χ2n) is 3.63. The van der Waals surface area contributed by atoms with E-state index in [4.69, 9.17) is 4.74 Å². The fraction of sp³-hybridized carbons (Fsp3) is 0. The number of aromatic nitrogens is 1. The highest BCUT2D eigenvalue weighted by Gasteiger charge is 2.00. The van der Waals surface area contributed by atoms with Crippen LogP contribution in [0.1, 0.15) is 0 Å². The highest BCUT2D eigenvalue weighted by Crippen LogP contribution is 2.27. The minimum absolute atomic E-state index is 0.701. The van der Waals surface area contributed by atoms with Crippen LogP contribution in [0.15, 0.2) is 59.6 Å². The Morgan fingerprint density at radius 3 is 2.61 bits per heavy atom. The summed E-state index contributed by atoms with van der Waals surface area (Å²) in [6, 6.07) is 17.5. The van der Waals surface area contributed by atoms with Crippen molar-refractivity contribution in [2.75, 3.05) is 0 Å². The lowest BCUT2D eigenvalue weighted by Gasteiger charge is -1.95. The van der Waals surface area contributed by atoms with Gasteiger partial charge in [0.05, 0.1) is 10.2 Å². The van der Waals surface area contributed by atoms with Crippen molar-refractivity contribution in [2.45, 2.75) is 0 Å². The first-order chi connectivity index (χ1) is 8.92. The van der Waals surface area contributed by atoms with Crippen molar-refractivity contribution < 1.29 is 4.74 Å². The Bertz CT molecular complexity index is 643. The van der Waals surface area contributed by atoms with Crippen molar-refractivity contribution in [3.05, 3.63) is 54.6 Å². The summed E-state index contributed by atoms with van der Waals surface area (Å²) in [5.74, 6) is 0.766. The zero-order chi connectivity index (χ0) is 12.2. The highest BCUT2D eigenvalue weighted by molar-refractivity contribution is 7.21. The largest absolute Gasteiger partial charge is 0.446 e. The number of aliphatic imine (C=N–C) groups is 1. The summed E-state index contributed by atoms with van der Waals surface area (Å²) in [6.07, 6.45) is 1.42. The van der Waals surface area contributed by atoms with Crippen LogP contribution in [0.25, 0.3) is 10.2 Å². The van der Waals surface area contributed by atoms with E-state index in [-0.39, 0.29) is 0 Å². The third kappa shape index (κ3) is 2.38. The highest BCUT2D eigenvalue weighted by atomic mass is 32.1. The molecule has 1 aromatic heterocycles. The number of thiazole rings is 1. The number of para-hydroxylation sites is 2. The van der Waals surface area contributed by atoms with Gasteiger partial charge in [0.2, 0.25) is 5.13 Å². The van der Waals surface area contributed by atoms with Gasteiger partial charge in [-0.2, -0.15) is 4.99 Å². The average Bonchev–Trinajstić information content (AvgIpc) is 2.82. The Labute approximate surface area is 108 Å². The molecule has 0 aliphatic carbocycles. The Hall–Kier alpha value is -2.20. The normalized spacial score (nSPS) is 11.1. The van der Waals surface area contributed by atoms with E-state index in [2.05, 4.69) is 9.98 Å². The van der Waals surface area contributed by atoms with Gasteiger partial charge in [-0.1, -0.05) is 41.7 Å². The van der Waals surface area contributed by atoms with Crippen molar-refractivity contribution in [2.24, 2.45) is 4.99 Å². The van der Waals surface area contributed by atoms with Crippen LogP contribution in [0, 0.1) is 0 Å². The predicted molar refractivity (Wildman–Crippen MR) is 74.8 cm³/mol. The first-order valence-electron chi connectivity index (χ1n) is 5.52. The zero-order valence-electron chi connectivity index (χ0n) is 9.48. The van der Waals surface area contributed by atoms with Crippen LogP contribution in [0.5, 0.6) is 5.75 Å². The van der Waals surface area contributed by atoms with E-state index in [0.717, 1.165) is 16.0 Å². The standard InChI is InChI=1S/C14H10N2OS/c1-2-6-11(7-3-1)17-10-15-14-16-12-8-4-5-9-13(12)18-14/h1-10H. The Balaban J connectivity index is 1.76. The molecule has 0 aliphatic heterocycles. The molecule has 0 N–H and O–H groups in total. The number of benzene rings is 2.